The number of aryl methyl sites for hydroxylation is 1. The molecule has 0 spiro atoms. The molecule has 2 aromatic carbocycles. The van der Waals surface area contributed by atoms with E-state index in [0.29, 0.717) is 11.5 Å². The topological polar surface area (TPSA) is 95.6 Å². The molecule has 166 valence electrons. The first-order chi connectivity index (χ1) is 16.0. The van der Waals surface area contributed by atoms with E-state index in [9.17, 15) is 4.79 Å². The van der Waals surface area contributed by atoms with Gasteiger partial charge in [0, 0.05) is 43.5 Å². The molecule has 0 radical (unpaired) electrons. The molecule has 0 fully saturated rings. The zero-order chi connectivity index (χ0) is 22.9. The van der Waals surface area contributed by atoms with Gasteiger partial charge in [0.1, 0.15) is 17.3 Å². The molecule has 2 aromatic heterocycles. The Morgan fingerprint density at radius 3 is 2.79 bits per heavy atom. The number of benzene rings is 2. The molecule has 0 saturated heterocycles. The van der Waals surface area contributed by atoms with Crippen molar-refractivity contribution in [3.63, 3.8) is 0 Å². The maximum Gasteiger partial charge on any atom is 0.259 e. The van der Waals surface area contributed by atoms with Crippen LogP contribution >= 0.6 is 0 Å². The van der Waals surface area contributed by atoms with Gasteiger partial charge in [-0.05, 0) is 60.4 Å². The number of imidazole rings is 1. The summed E-state index contributed by atoms with van der Waals surface area (Å²) >= 11 is 0. The second kappa shape index (κ2) is 8.38. The van der Waals surface area contributed by atoms with Crippen LogP contribution in [0.5, 0.6) is 5.75 Å². The fourth-order valence-electron chi connectivity index (χ4n) is 3.91. The normalized spacial score (nSPS) is 12.6. The summed E-state index contributed by atoms with van der Waals surface area (Å²) in [7, 11) is 3.40. The molecule has 1 aliphatic rings. The summed E-state index contributed by atoms with van der Waals surface area (Å²) in [6, 6.07) is 13.7. The molecular weight excluding hydrogens is 416 g/mol. The van der Waals surface area contributed by atoms with Crippen molar-refractivity contribution < 1.29 is 9.53 Å². The number of nitrogens with zero attached hydrogens (tertiary/aromatic N) is 4. The van der Waals surface area contributed by atoms with Gasteiger partial charge in [-0.1, -0.05) is 6.07 Å². The van der Waals surface area contributed by atoms with Gasteiger partial charge < -0.3 is 20.4 Å². The molecule has 2 heterocycles. The fraction of sp³-hybridized carbons (Fsp3) is 0.200. The minimum Gasteiger partial charge on any atom is -0.484 e. The van der Waals surface area contributed by atoms with Crippen LogP contribution < -0.4 is 10.1 Å². The highest BCUT2D eigenvalue weighted by atomic mass is 16.5. The Labute approximate surface area is 191 Å². The average Bonchev–Trinajstić information content (AvgIpc) is 3.38. The van der Waals surface area contributed by atoms with Crippen LogP contribution in [0, 0.1) is 5.41 Å². The lowest BCUT2D eigenvalue weighted by atomic mass is 10.1. The van der Waals surface area contributed by atoms with Crippen LogP contribution in [0.3, 0.4) is 0 Å². The van der Waals surface area contributed by atoms with Gasteiger partial charge in [-0.2, -0.15) is 0 Å². The summed E-state index contributed by atoms with van der Waals surface area (Å²) in [5.74, 6) is 1.36. The Bertz CT molecular complexity index is 1360. The number of aromatic nitrogens is 3. The maximum absolute atomic E-state index is 11.8. The van der Waals surface area contributed by atoms with Crippen molar-refractivity contribution in [2.45, 2.75) is 12.8 Å². The van der Waals surface area contributed by atoms with E-state index in [2.05, 4.69) is 16.4 Å². The van der Waals surface area contributed by atoms with Crippen molar-refractivity contribution in [2.75, 3.05) is 26.0 Å². The number of rotatable bonds is 6. The van der Waals surface area contributed by atoms with Crippen molar-refractivity contribution in [3.8, 4) is 17.0 Å². The first-order valence-electron chi connectivity index (χ1n) is 10.7. The molecule has 0 bridgehead atoms. The summed E-state index contributed by atoms with van der Waals surface area (Å²) in [6.45, 7) is -0.00498. The predicted octanol–water partition coefficient (Wildman–Crippen LogP) is 3.92. The van der Waals surface area contributed by atoms with Crippen LogP contribution in [-0.4, -0.2) is 51.6 Å². The third-order valence-corrected chi connectivity index (χ3v) is 5.76. The summed E-state index contributed by atoms with van der Waals surface area (Å²) in [5, 5.41) is 11.6. The second-order valence-corrected chi connectivity index (χ2v) is 8.19. The minimum absolute atomic E-state index is 0.00498. The molecule has 2 N–H and O–H groups in total. The third kappa shape index (κ3) is 4.03. The molecule has 0 atom stereocenters. The molecule has 5 rings (SSSR count). The lowest BCUT2D eigenvalue weighted by Crippen LogP contribution is -2.27. The van der Waals surface area contributed by atoms with Crippen LogP contribution in [0.15, 0.2) is 61.1 Å². The standard InChI is InChI=1S/C25H24N6O2/c1-30(2)23(32)15-33-19-7-3-16(4-8-19)24-25(31-12-11-27-14-22(31)29-24)28-18-6-9-20-17(13-18)5-10-21(20)26/h3-4,6-9,11-14,26,28H,5,10,15H2,1-2H3. The number of hydrogen-bond donors (Lipinski definition) is 2. The maximum atomic E-state index is 11.8. The van der Waals surface area contributed by atoms with Gasteiger partial charge in [-0.15, -0.1) is 0 Å². The van der Waals surface area contributed by atoms with Crippen molar-refractivity contribution in [3.05, 3.63) is 72.2 Å². The van der Waals surface area contributed by atoms with Crippen molar-refractivity contribution >= 4 is 28.8 Å². The zero-order valence-corrected chi connectivity index (χ0v) is 18.5. The van der Waals surface area contributed by atoms with Crippen LogP contribution in [0.25, 0.3) is 16.9 Å². The number of carbonyl (C=O) groups is 1. The van der Waals surface area contributed by atoms with Gasteiger partial charge in [0.05, 0.1) is 6.20 Å². The number of likely N-dealkylation sites (N-methyl/N-ethyl adjacent to an activating group) is 1. The van der Waals surface area contributed by atoms with Crippen LogP contribution in [0.4, 0.5) is 11.5 Å². The first kappa shape index (κ1) is 20.7. The highest BCUT2D eigenvalue weighted by molar-refractivity contribution is 6.02. The van der Waals surface area contributed by atoms with Crippen molar-refractivity contribution in [2.24, 2.45) is 0 Å². The molecule has 1 aliphatic carbocycles. The average molecular weight is 441 g/mol. The molecule has 1 amide bonds. The first-order valence-corrected chi connectivity index (χ1v) is 10.7. The molecule has 0 saturated carbocycles. The van der Waals surface area contributed by atoms with Crippen molar-refractivity contribution in [1.29, 1.82) is 5.41 Å². The van der Waals surface area contributed by atoms with E-state index < -0.39 is 0 Å². The van der Waals surface area contributed by atoms with E-state index in [1.807, 2.05) is 47.0 Å². The minimum atomic E-state index is -0.0945. The van der Waals surface area contributed by atoms with Crippen molar-refractivity contribution in [1.82, 2.24) is 19.3 Å². The summed E-state index contributed by atoms with van der Waals surface area (Å²) in [4.78, 5) is 22.3. The fourth-order valence-corrected chi connectivity index (χ4v) is 3.91. The van der Waals surface area contributed by atoms with Gasteiger partial charge >= 0.3 is 0 Å². The Morgan fingerprint density at radius 1 is 1.18 bits per heavy atom. The number of carbonyl (C=O) groups excluding carboxylic acids is 1. The second-order valence-electron chi connectivity index (χ2n) is 8.19. The van der Waals surface area contributed by atoms with Crippen LogP contribution in [0.1, 0.15) is 17.5 Å². The van der Waals surface area contributed by atoms with Gasteiger partial charge in [0.2, 0.25) is 0 Å². The zero-order valence-electron chi connectivity index (χ0n) is 18.5. The SMILES string of the molecule is CN(C)C(=O)COc1ccc(-c2nc3cnccn3c2Nc2ccc3c(c2)CCC3=N)cc1. The quantitative estimate of drug-likeness (QED) is 0.474. The molecule has 0 unspecified atom stereocenters. The Hall–Kier alpha value is -4.20. The Kier molecular flexibility index (Phi) is 5.26. The Balaban J connectivity index is 1.46. The number of nitrogens with one attached hydrogen (secondary N) is 2. The van der Waals surface area contributed by atoms with Gasteiger partial charge in [-0.3, -0.25) is 14.2 Å². The number of amides is 1. The largest absolute Gasteiger partial charge is 0.484 e. The number of fused-ring (bicyclic) bond motifs is 2. The molecular formula is C25H24N6O2. The number of ether oxygens (including phenoxy) is 1. The van der Waals surface area contributed by atoms with Gasteiger partial charge in [-0.25, -0.2) is 4.98 Å². The molecule has 33 heavy (non-hydrogen) atoms. The predicted molar refractivity (Wildman–Crippen MR) is 127 cm³/mol. The Morgan fingerprint density at radius 2 is 2.00 bits per heavy atom. The molecule has 8 heteroatoms. The lowest BCUT2D eigenvalue weighted by molar-refractivity contribution is -0.130. The van der Waals surface area contributed by atoms with Crippen LogP contribution in [-0.2, 0) is 11.2 Å². The summed E-state index contributed by atoms with van der Waals surface area (Å²) < 4.78 is 7.57. The highest BCUT2D eigenvalue weighted by Crippen LogP contribution is 2.33. The summed E-state index contributed by atoms with van der Waals surface area (Å²) in [5.41, 5.74) is 6.30. The smallest absolute Gasteiger partial charge is 0.259 e. The van der Waals surface area contributed by atoms with E-state index in [1.165, 1.54) is 10.5 Å². The number of anilines is 2. The van der Waals surface area contributed by atoms with E-state index in [4.69, 9.17) is 15.1 Å². The number of hydrogen-bond acceptors (Lipinski definition) is 6. The van der Waals surface area contributed by atoms with Gasteiger partial charge in [0.25, 0.3) is 5.91 Å². The molecule has 4 aromatic rings. The molecule has 0 aliphatic heterocycles. The van der Waals surface area contributed by atoms with E-state index in [0.717, 1.165) is 46.8 Å². The van der Waals surface area contributed by atoms with Gasteiger partial charge in [0.15, 0.2) is 12.3 Å². The van der Waals surface area contributed by atoms with E-state index >= 15 is 0 Å². The summed E-state index contributed by atoms with van der Waals surface area (Å²) in [6.07, 6.45) is 7.02. The third-order valence-electron chi connectivity index (χ3n) is 5.76. The monoisotopic (exact) mass is 440 g/mol. The molecule has 8 nitrogen and oxygen atoms in total. The van der Waals surface area contributed by atoms with E-state index in [1.54, 1.807) is 26.5 Å². The lowest BCUT2D eigenvalue weighted by Gasteiger charge is -2.12. The van der Waals surface area contributed by atoms with Crippen LogP contribution in [0.2, 0.25) is 0 Å². The van der Waals surface area contributed by atoms with E-state index in [-0.39, 0.29) is 12.5 Å². The highest BCUT2D eigenvalue weighted by Gasteiger charge is 2.19.